The molecule has 1 heterocycles. The van der Waals surface area contributed by atoms with Gasteiger partial charge in [0.25, 0.3) is 0 Å². The molecule has 1 saturated heterocycles. The van der Waals surface area contributed by atoms with Crippen molar-refractivity contribution in [3.05, 3.63) is 59.2 Å². The van der Waals surface area contributed by atoms with E-state index in [2.05, 4.69) is 53.4 Å². The van der Waals surface area contributed by atoms with Gasteiger partial charge < -0.3 is 20.7 Å². The van der Waals surface area contributed by atoms with Gasteiger partial charge >= 0.3 is 0 Å². The number of likely N-dealkylation sites (N-methyl/N-ethyl adjacent to an activating group) is 1. The third kappa shape index (κ3) is 6.70. The van der Waals surface area contributed by atoms with Gasteiger partial charge in [-0.15, -0.1) is 0 Å². The van der Waals surface area contributed by atoms with E-state index in [1.807, 2.05) is 25.1 Å². The fourth-order valence-corrected chi connectivity index (χ4v) is 3.70. The Kier molecular flexibility index (Phi) is 7.47. The molecule has 2 aromatic rings. The van der Waals surface area contributed by atoms with Crippen LogP contribution in [0.3, 0.4) is 0 Å². The Morgan fingerprint density at radius 1 is 1.10 bits per heavy atom. The summed E-state index contributed by atoms with van der Waals surface area (Å²) in [5, 5.41) is 3.26. The van der Waals surface area contributed by atoms with Crippen LogP contribution in [0.25, 0.3) is 0 Å². The van der Waals surface area contributed by atoms with Gasteiger partial charge in [-0.05, 0) is 55.9 Å². The van der Waals surface area contributed by atoms with E-state index in [4.69, 9.17) is 22.7 Å². The zero-order chi connectivity index (χ0) is 20.8. The number of nitrogens with zero attached hydrogens (tertiary/aromatic N) is 2. The Labute approximate surface area is 179 Å². The molecule has 0 radical (unpaired) electrons. The molecule has 1 aliphatic rings. The van der Waals surface area contributed by atoms with Gasteiger partial charge in [-0.1, -0.05) is 30.3 Å². The van der Waals surface area contributed by atoms with Crippen LogP contribution in [0.4, 0.5) is 5.69 Å². The van der Waals surface area contributed by atoms with Crippen LogP contribution < -0.4 is 15.8 Å². The molecule has 3 rings (SSSR count). The Morgan fingerprint density at radius 3 is 2.41 bits per heavy atom. The van der Waals surface area contributed by atoms with Gasteiger partial charge in [0.2, 0.25) is 0 Å². The highest BCUT2D eigenvalue weighted by molar-refractivity contribution is 7.80. The van der Waals surface area contributed by atoms with Gasteiger partial charge in [0, 0.05) is 50.9 Å². The second-order valence-electron chi connectivity index (χ2n) is 7.99. The third-order valence-corrected chi connectivity index (χ3v) is 5.45. The first-order chi connectivity index (χ1) is 13.9. The summed E-state index contributed by atoms with van der Waals surface area (Å²) < 4.78 is 6.12. The van der Waals surface area contributed by atoms with E-state index < -0.39 is 0 Å². The van der Waals surface area contributed by atoms with E-state index >= 15 is 0 Å². The number of anilines is 1. The second-order valence-corrected chi connectivity index (χ2v) is 8.43. The molecule has 6 heteroatoms. The van der Waals surface area contributed by atoms with Gasteiger partial charge in [0.1, 0.15) is 5.75 Å². The van der Waals surface area contributed by atoms with Crippen LogP contribution in [0.5, 0.6) is 5.75 Å². The first kappa shape index (κ1) is 21.6. The molecule has 29 heavy (non-hydrogen) atoms. The van der Waals surface area contributed by atoms with Crippen LogP contribution in [0, 0.1) is 6.92 Å². The lowest BCUT2D eigenvalue weighted by molar-refractivity contribution is 0.148. The molecule has 0 bridgehead atoms. The van der Waals surface area contributed by atoms with E-state index in [1.165, 1.54) is 11.1 Å². The van der Waals surface area contributed by atoms with Crippen molar-refractivity contribution in [2.45, 2.75) is 32.9 Å². The quantitative estimate of drug-likeness (QED) is 0.680. The number of aryl methyl sites for hydroxylation is 1. The number of hydrogen-bond donors (Lipinski definition) is 2. The van der Waals surface area contributed by atoms with Gasteiger partial charge in [-0.25, -0.2) is 0 Å². The highest BCUT2D eigenvalue weighted by atomic mass is 32.1. The molecule has 5 nitrogen and oxygen atoms in total. The van der Waals surface area contributed by atoms with E-state index in [0.29, 0.717) is 0 Å². The summed E-state index contributed by atoms with van der Waals surface area (Å²) in [4.78, 5) is 4.91. The van der Waals surface area contributed by atoms with Crippen molar-refractivity contribution in [1.29, 1.82) is 0 Å². The van der Waals surface area contributed by atoms with Crippen LogP contribution in [0.2, 0.25) is 0 Å². The van der Waals surface area contributed by atoms with Gasteiger partial charge in [-0.2, -0.15) is 0 Å². The first-order valence-electron chi connectivity index (χ1n) is 10.2. The van der Waals surface area contributed by atoms with Gasteiger partial charge in [0.05, 0.1) is 6.10 Å². The molecule has 0 amide bonds. The number of thiocarbonyl (C=S) groups is 1. The maximum atomic E-state index is 6.12. The Hall–Kier alpha value is -2.15. The number of nitrogens with one attached hydrogen (secondary N) is 1. The molecule has 156 valence electrons. The maximum absolute atomic E-state index is 6.12. The van der Waals surface area contributed by atoms with E-state index in [-0.39, 0.29) is 11.2 Å². The Bertz CT molecular complexity index is 816. The molecule has 0 aliphatic carbocycles. The molecule has 2 aromatic carbocycles. The Morgan fingerprint density at radius 2 is 1.76 bits per heavy atom. The highest BCUT2D eigenvalue weighted by Crippen LogP contribution is 2.23. The minimum Gasteiger partial charge on any atom is -0.490 e. The molecule has 1 unspecified atom stereocenters. The van der Waals surface area contributed by atoms with Crippen molar-refractivity contribution >= 4 is 23.0 Å². The summed E-state index contributed by atoms with van der Waals surface area (Å²) >= 11 is 4.94. The monoisotopic (exact) mass is 412 g/mol. The molecule has 1 aliphatic heterocycles. The van der Waals surface area contributed by atoms with Crippen LogP contribution >= 0.6 is 12.2 Å². The average Bonchev–Trinajstić information content (AvgIpc) is 2.67. The lowest BCUT2D eigenvalue weighted by atomic mass is 10.1. The van der Waals surface area contributed by atoms with E-state index in [1.54, 1.807) is 0 Å². The largest absolute Gasteiger partial charge is 0.490 e. The summed E-state index contributed by atoms with van der Waals surface area (Å²) in [6, 6.07) is 14.9. The molecular formula is C23H32N4OS. The summed E-state index contributed by atoms with van der Waals surface area (Å²) in [6.07, 6.45) is 0.930. The Balaban J connectivity index is 1.53. The minimum absolute atomic E-state index is 0.0684. The van der Waals surface area contributed by atoms with E-state index in [9.17, 15) is 0 Å². The van der Waals surface area contributed by atoms with Crippen molar-refractivity contribution in [2.24, 2.45) is 5.73 Å². The minimum atomic E-state index is 0.0684. The number of nitrogens with two attached hydrogens (primary N) is 1. The fraction of sp³-hybridized carbons (Fsp3) is 0.435. The number of piperazine rings is 1. The molecule has 0 spiro atoms. The van der Waals surface area contributed by atoms with Crippen LogP contribution in [0.1, 0.15) is 23.6 Å². The molecule has 1 atom stereocenters. The first-order valence-corrected chi connectivity index (χ1v) is 10.6. The molecule has 0 aromatic heterocycles. The predicted octanol–water partition coefficient (Wildman–Crippen LogP) is 3.41. The third-order valence-electron chi connectivity index (χ3n) is 5.35. The number of benzene rings is 2. The summed E-state index contributed by atoms with van der Waals surface area (Å²) in [5.74, 6) is 0.813. The topological polar surface area (TPSA) is 53.8 Å². The van der Waals surface area contributed by atoms with Crippen molar-refractivity contribution in [3.8, 4) is 5.75 Å². The number of hydrogen-bond acceptors (Lipinski definition) is 4. The van der Waals surface area contributed by atoms with Crippen molar-refractivity contribution in [2.75, 3.05) is 38.5 Å². The predicted molar refractivity (Wildman–Crippen MR) is 125 cm³/mol. The van der Waals surface area contributed by atoms with Gasteiger partial charge in [0.15, 0.2) is 5.11 Å². The lowest BCUT2D eigenvalue weighted by Gasteiger charge is -2.32. The number of ether oxygens (including phenoxy) is 1. The smallest absolute Gasteiger partial charge is 0.168 e. The molecule has 0 saturated carbocycles. The summed E-state index contributed by atoms with van der Waals surface area (Å²) in [6.45, 7) is 9.73. The van der Waals surface area contributed by atoms with E-state index in [0.717, 1.165) is 56.1 Å². The van der Waals surface area contributed by atoms with Gasteiger partial charge in [-0.3, -0.25) is 4.90 Å². The average molecular weight is 413 g/mol. The van der Waals surface area contributed by atoms with Crippen LogP contribution in [-0.2, 0) is 13.0 Å². The highest BCUT2D eigenvalue weighted by Gasteiger charge is 2.14. The SMILES string of the molecule is Cc1ccc(OC(C)Cc2ccc(CN3CCN(C)CC3)cc2)cc1NC(N)=S. The second kappa shape index (κ2) is 10.1. The number of rotatable bonds is 7. The van der Waals surface area contributed by atoms with Crippen molar-refractivity contribution in [1.82, 2.24) is 9.80 Å². The van der Waals surface area contributed by atoms with Crippen LogP contribution in [0.15, 0.2) is 42.5 Å². The normalized spacial score (nSPS) is 16.4. The lowest BCUT2D eigenvalue weighted by Crippen LogP contribution is -2.43. The summed E-state index contributed by atoms with van der Waals surface area (Å²) in [7, 11) is 2.19. The molecule has 3 N–H and O–H groups in total. The fourth-order valence-electron chi connectivity index (χ4n) is 3.59. The standard InChI is InChI=1S/C23H32N4OS/c1-17-4-9-21(15-22(17)25-23(24)29)28-18(2)14-19-5-7-20(8-6-19)16-27-12-10-26(3)11-13-27/h4-9,15,18H,10-14,16H2,1-3H3,(H3,24,25,29). The van der Waals surface area contributed by atoms with Crippen molar-refractivity contribution < 1.29 is 4.74 Å². The zero-order valence-corrected chi connectivity index (χ0v) is 18.5. The summed E-state index contributed by atoms with van der Waals surface area (Å²) in [5.41, 5.74) is 10.2. The zero-order valence-electron chi connectivity index (χ0n) is 17.6. The maximum Gasteiger partial charge on any atom is 0.168 e. The molecule has 1 fully saturated rings. The van der Waals surface area contributed by atoms with Crippen LogP contribution in [-0.4, -0.2) is 54.2 Å². The molecular weight excluding hydrogens is 380 g/mol. The van der Waals surface area contributed by atoms with Crippen molar-refractivity contribution in [3.63, 3.8) is 0 Å².